The standard InChI is InChI=1S/C19H30O8/c1-10-6-12(22)7-19(3,13(10)5-4-11(2)21)9-26-18-17(25)16(24)15(23)14(8-20)27-18/h4-6,11,13-18,20-21,23-25H,7-9H2,1-3H3/b5-4+/t11-,13-,14-,15+,16+,17-,18-,19+/m1/s1. The van der Waals surface area contributed by atoms with Crippen LogP contribution in [0.2, 0.25) is 0 Å². The number of rotatable bonds is 6. The summed E-state index contributed by atoms with van der Waals surface area (Å²) in [4.78, 5) is 12.1. The predicted octanol–water partition coefficient (Wildman–Crippen LogP) is -0.718. The summed E-state index contributed by atoms with van der Waals surface area (Å²) < 4.78 is 11.1. The van der Waals surface area contributed by atoms with Gasteiger partial charge >= 0.3 is 0 Å². The maximum atomic E-state index is 12.1. The summed E-state index contributed by atoms with van der Waals surface area (Å²) in [5.41, 5.74) is 0.183. The number of aliphatic hydroxyl groups is 5. The number of carbonyl (C=O) groups is 1. The van der Waals surface area contributed by atoms with E-state index in [0.717, 1.165) is 5.57 Å². The van der Waals surface area contributed by atoms with Crippen LogP contribution < -0.4 is 0 Å². The van der Waals surface area contributed by atoms with E-state index in [1.807, 2.05) is 19.9 Å². The summed E-state index contributed by atoms with van der Waals surface area (Å²) >= 11 is 0. The van der Waals surface area contributed by atoms with Crippen LogP contribution >= 0.6 is 0 Å². The van der Waals surface area contributed by atoms with Crippen molar-refractivity contribution in [2.45, 2.75) is 64.0 Å². The number of aliphatic hydroxyl groups excluding tert-OH is 5. The zero-order valence-electron chi connectivity index (χ0n) is 15.9. The van der Waals surface area contributed by atoms with Crippen LogP contribution in [0.3, 0.4) is 0 Å². The van der Waals surface area contributed by atoms with Crippen molar-refractivity contribution in [1.29, 1.82) is 0 Å². The Morgan fingerprint density at radius 2 is 2.00 bits per heavy atom. The van der Waals surface area contributed by atoms with Crippen LogP contribution in [-0.2, 0) is 14.3 Å². The van der Waals surface area contributed by atoms with Crippen LogP contribution in [0.4, 0.5) is 0 Å². The molecule has 0 aromatic carbocycles. The monoisotopic (exact) mass is 386 g/mol. The molecular weight excluding hydrogens is 356 g/mol. The Hall–Kier alpha value is -1.13. The van der Waals surface area contributed by atoms with Gasteiger partial charge in [-0.1, -0.05) is 24.6 Å². The first-order valence-electron chi connectivity index (χ1n) is 9.08. The Balaban J connectivity index is 2.15. The van der Waals surface area contributed by atoms with E-state index in [2.05, 4.69) is 0 Å². The summed E-state index contributed by atoms with van der Waals surface area (Å²) in [6.45, 7) is 4.82. The van der Waals surface area contributed by atoms with Gasteiger partial charge in [0.05, 0.1) is 19.3 Å². The van der Waals surface area contributed by atoms with Gasteiger partial charge in [0.25, 0.3) is 0 Å². The van der Waals surface area contributed by atoms with Crippen molar-refractivity contribution < 1.29 is 39.8 Å². The zero-order chi connectivity index (χ0) is 20.4. The molecule has 8 atom stereocenters. The quantitative estimate of drug-likeness (QED) is 0.377. The average Bonchev–Trinajstić information content (AvgIpc) is 2.58. The third-order valence-corrected chi connectivity index (χ3v) is 5.22. The first-order valence-corrected chi connectivity index (χ1v) is 9.08. The van der Waals surface area contributed by atoms with Gasteiger partial charge in [0.15, 0.2) is 12.1 Å². The summed E-state index contributed by atoms with van der Waals surface area (Å²) in [5.74, 6) is -0.219. The molecule has 1 heterocycles. The smallest absolute Gasteiger partial charge is 0.186 e. The number of ketones is 1. The first-order chi connectivity index (χ1) is 12.6. The Kier molecular flexibility index (Phi) is 7.32. The normalized spacial score (nSPS) is 41.6. The van der Waals surface area contributed by atoms with Crippen LogP contribution in [0.1, 0.15) is 27.2 Å². The molecule has 1 aliphatic carbocycles. The van der Waals surface area contributed by atoms with Gasteiger partial charge in [-0.25, -0.2) is 0 Å². The largest absolute Gasteiger partial charge is 0.394 e. The second-order valence-electron chi connectivity index (χ2n) is 7.80. The zero-order valence-corrected chi connectivity index (χ0v) is 15.9. The Labute approximate surface area is 158 Å². The first kappa shape index (κ1) is 22.2. The van der Waals surface area contributed by atoms with Gasteiger partial charge < -0.3 is 35.0 Å². The van der Waals surface area contributed by atoms with E-state index in [9.17, 15) is 30.3 Å². The summed E-state index contributed by atoms with van der Waals surface area (Å²) in [6.07, 6.45) is -2.15. The molecule has 2 aliphatic rings. The molecule has 8 heteroatoms. The molecule has 0 saturated carbocycles. The lowest BCUT2D eigenvalue weighted by atomic mass is 9.67. The molecule has 0 amide bonds. The van der Waals surface area contributed by atoms with Crippen molar-refractivity contribution in [1.82, 2.24) is 0 Å². The number of carbonyl (C=O) groups excluding carboxylic acids is 1. The van der Waals surface area contributed by atoms with Crippen LogP contribution in [0, 0.1) is 11.3 Å². The van der Waals surface area contributed by atoms with Gasteiger partial charge in [-0.15, -0.1) is 0 Å². The summed E-state index contributed by atoms with van der Waals surface area (Å²) in [5, 5.41) is 48.6. The lowest BCUT2D eigenvalue weighted by molar-refractivity contribution is -0.306. The minimum atomic E-state index is -1.52. The fourth-order valence-electron chi connectivity index (χ4n) is 3.73. The summed E-state index contributed by atoms with van der Waals surface area (Å²) in [6, 6.07) is 0. The van der Waals surface area contributed by atoms with Crippen molar-refractivity contribution >= 4 is 5.78 Å². The Morgan fingerprint density at radius 1 is 1.33 bits per heavy atom. The highest BCUT2D eigenvalue weighted by molar-refractivity contribution is 5.92. The van der Waals surface area contributed by atoms with Gasteiger partial charge in [0, 0.05) is 17.8 Å². The molecule has 0 bridgehead atoms. The van der Waals surface area contributed by atoms with Crippen molar-refractivity contribution in [3.63, 3.8) is 0 Å². The molecule has 0 aromatic heterocycles. The van der Waals surface area contributed by atoms with E-state index in [1.165, 1.54) is 0 Å². The van der Waals surface area contributed by atoms with E-state index < -0.39 is 48.8 Å². The second kappa shape index (κ2) is 8.91. The third kappa shape index (κ3) is 5.03. The van der Waals surface area contributed by atoms with E-state index in [4.69, 9.17) is 9.47 Å². The lowest BCUT2D eigenvalue weighted by Gasteiger charge is -2.43. The van der Waals surface area contributed by atoms with Gasteiger partial charge in [0.2, 0.25) is 0 Å². The third-order valence-electron chi connectivity index (χ3n) is 5.22. The van der Waals surface area contributed by atoms with Crippen molar-refractivity contribution in [3.05, 3.63) is 23.8 Å². The Bertz CT molecular complexity index is 584. The highest BCUT2D eigenvalue weighted by Crippen LogP contribution is 2.42. The van der Waals surface area contributed by atoms with Crippen molar-refractivity contribution in [3.8, 4) is 0 Å². The molecule has 0 spiro atoms. The average molecular weight is 386 g/mol. The van der Waals surface area contributed by atoms with Crippen LogP contribution in [0.25, 0.3) is 0 Å². The molecule has 27 heavy (non-hydrogen) atoms. The predicted molar refractivity (Wildman–Crippen MR) is 95.5 cm³/mol. The second-order valence-corrected chi connectivity index (χ2v) is 7.80. The molecule has 1 aliphatic heterocycles. The molecule has 8 nitrogen and oxygen atoms in total. The fraction of sp³-hybridized carbons (Fsp3) is 0.737. The SMILES string of the molecule is CC1=CC(=O)C[C@@](C)(CO[C@@H]2O[C@H](CO)[C@H](O)[C@H](O)[C@H]2O)[C@@H]1/C=C/[C@@H](C)O. The lowest BCUT2D eigenvalue weighted by Crippen LogP contribution is -2.59. The van der Waals surface area contributed by atoms with Gasteiger partial charge in [-0.3, -0.25) is 4.79 Å². The molecule has 0 aromatic rings. The van der Waals surface area contributed by atoms with Crippen LogP contribution in [-0.4, -0.2) is 81.3 Å². The van der Waals surface area contributed by atoms with E-state index in [-0.39, 0.29) is 24.7 Å². The molecule has 2 rings (SSSR count). The number of ether oxygens (including phenoxy) is 2. The molecular formula is C19H30O8. The van der Waals surface area contributed by atoms with Gasteiger partial charge in [0.1, 0.15) is 24.4 Å². The maximum Gasteiger partial charge on any atom is 0.186 e. The van der Waals surface area contributed by atoms with Crippen LogP contribution in [0.15, 0.2) is 23.8 Å². The molecule has 1 saturated heterocycles. The number of hydrogen-bond donors (Lipinski definition) is 5. The van der Waals surface area contributed by atoms with Gasteiger partial charge in [-0.05, 0) is 19.9 Å². The molecule has 5 N–H and O–H groups in total. The van der Waals surface area contributed by atoms with E-state index in [0.29, 0.717) is 0 Å². The number of allylic oxidation sites excluding steroid dienone is 3. The topological polar surface area (TPSA) is 137 Å². The maximum absolute atomic E-state index is 12.1. The van der Waals surface area contributed by atoms with E-state index >= 15 is 0 Å². The van der Waals surface area contributed by atoms with Crippen LogP contribution in [0.5, 0.6) is 0 Å². The highest BCUT2D eigenvalue weighted by Gasteiger charge is 2.46. The van der Waals surface area contributed by atoms with Crippen molar-refractivity contribution in [2.24, 2.45) is 11.3 Å². The fourth-order valence-corrected chi connectivity index (χ4v) is 3.73. The minimum Gasteiger partial charge on any atom is -0.394 e. The Morgan fingerprint density at radius 3 is 2.59 bits per heavy atom. The number of hydrogen-bond acceptors (Lipinski definition) is 8. The minimum absolute atomic E-state index is 0.0292. The molecule has 0 radical (unpaired) electrons. The molecule has 0 unspecified atom stereocenters. The highest BCUT2D eigenvalue weighted by atomic mass is 16.7. The van der Waals surface area contributed by atoms with E-state index in [1.54, 1.807) is 19.1 Å². The molecule has 154 valence electrons. The van der Waals surface area contributed by atoms with Gasteiger partial charge in [-0.2, -0.15) is 0 Å². The van der Waals surface area contributed by atoms with Crippen molar-refractivity contribution in [2.75, 3.05) is 13.2 Å². The molecule has 1 fully saturated rings. The summed E-state index contributed by atoms with van der Waals surface area (Å²) in [7, 11) is 0.